The number of aliphatic carboxylic acids is 1. The van der Waals surface area contributed by atoms with Crippen LogP contribution < -0.4 is 5.32 Å². The van der Waals surface area contributed by atoms with Gasteiger partial charge < -0.3 is 10.4 Å². The monoisotopic (exact) mass is 195 g/mol. The van der Waals surface area contributed by atoms with Crippen molar-refractivity contribution in [1.29, 1.82) is 0 Å². The predicted molar refractivity (Wildman–Crippen MR) is 47.0 cm³/mol. The summed E-state index contributed by atoms with van der Waals surface area (Å²) in [6, 6.07) is 0. The van der Waals surface area contributed by atoms with Crippen LogP contribution in [-0.2, 0) is 9.59 Å². The van der Waals surface area contributed by atoms with Crippen LogP contribution in [-0.4, -0.2) is 27.6 Å². The van der Waals surface area contributed by atoms with Gasteiger partial charge in [-0.25, -0.2) is 4.79 Å². The van der Waals surface area contributed by atoms with E-state index < -0.39 is 16.7 Å². The summed E-state index contributed by atoms with van der Waals surface area (Å²) >= 11 is 7.49. The molecule has 64 valence electrons. The summed E-state index contributed by atoms with van der Waals surface area (Å²) in [5, 5.41) is 10.7. The standard InChI is InChI=1S/C5H9NO3S2/c1-3(7)6-5(11,2-10)4(8)9/h10-11H,2H2,1H3,(H,6,7)(H,8,9). The van der Waals surface area contributed by atoms with Gasteiger partial charge in [-0.15, -0.1) is 12.6 Å². The largest absolute Gasteiger partial charge is 0.479 e. The van der Waals surface area contributed by atoms with Crippen molar-refractivity contribution in [1.82, 2.24) is 5.32 Å². The number of hydrogen-bond acceptors (Lipinski definition) is 4. The van der Waals surface area contributed by atoms with Gasteiger partial charge in [0.2, 0.25) is 5.91 Å². The molecule has 0 bridgehead atoms. The fraction of sp³-hybridized carbons (Fsp3) is 0.600. The Morgan fingerprint density at radius 3 is 2.18 bits per heavy atom. The molecule has 0 fully saturated rings. The second kappa shape index (κ2) is 3.87. The number of carboxylic acid groups (broad SMARTS) is 1. The molecule has 0 aromatic rings. The zero-order valence-corrected chi connectivity index (χ0v) is 7.65. The minimum absolute atomic E-state index is 0.0645. The lowest BCUT2D eigenvalue weighted by molar-refractivity contribution is -0.142. The first-order chi connectivity index (χ1) is 4.92. The van der Waals surface area contributed by atoms with Gasteiger partial charge in [0.15, 0.2) is 4.87 Å². The maximum Gasteiger partial charge on any atom is 0.340 e. The number of hydrogen-bond donors (Lipinski definition) is 4. The third kappa shape index (κ3) is 3.02. The molecule has 0 aromatic heterocycles. The van der Waals surface area contributed by atoms with Gasteiger partial charge in [0, 0.05) is 12.7 Å². The van der Waals surface area contributed by atoms with Crippen LogP contribution in [0.1, 0.15) is 6.92 Å². The summed E-state index contributed by atoms with van der Waals surface area (Å²) < 4.78 is 0. The number of nitrogens with one attached hydrogen (secondary N) is 1. The van der Waals surface area contributed by atoms with Gasteiger partial charge in [0.25, 0.3) is 0 Å². The van der Waals surface area contributed by atoms with E-state index in [4.69, 9.17) is 5.11 Å². The topological polar surface area (TPSA) is 66.4 Å². The number of carbonyl (C=O) groups is 2. The molecule has 0 aliphatic rings. The van der Waals surface area contributed by atoms with E-state index in [2.05, 4.69) is 30.6 Å². The Morgan fingerprint density at radius 1 is 1.64 bits per heavy atom. The van der Waals surface area contributed by atoms with Gasteiger partial charge in [0.05, 0.1) is 0 Å². The minimum atomic E-state index is -1.56. The molecular formula is C5H9NO3S2. The fourth-order valence-corrected chi connectivity index (χ4v) is 0.824. The molecule has 0 rings (SSSR count). The highest BCUT2D eigenvalue weighted by Gasteiger charge is 2.33. The number of amides is 1. The molecule has 11 heavy (non-hydrogen) atoms. The number of carboxylic acids is 1. The first-order valence-electron chi connectivity index (χ1n) is 2.78. The van der Waals surface area contributed by atoms with E-state index >= 15 is 0 Å². The number of thiol groups is 2. The third-order valence-corrected chi connectivity index (χ3v) is 2.15. The molecule has 6 heteroatoms. The van der Waals surface area contributed by atoms with E-state index in [9.17, 15) is 9.59 Å². The van der Waals surface area contributed by atoms with E-state index in [1.54, 1.807) is 0 Å². The molecule has 1 amide bonds. The van der Waals surface area contributed by atoms with E-state index in [1.165, 1.54) is 6.92 Å². The summed E-state index contributed by atoms with van der Waals surface area (Å²) in [7, 11) is 0. The van der Waals surface area contributed by atoms with Gasteiger partial charge >= 0.3 is 5.97 Å². The van der Waals surface area contributed by atoms with Crippen molar-refractivity contribution in [3.8, 4) is 0 Å². The molecule has 0 aliphatic heterocycles. The maximum absolute atomic E-state index is 10.5. The van der Waals surface area contributed by atoms with Crippen molar-refractivity contribution in [2.45, 2.75) is 11.8 Å². The average Bonchev–Trinajstić information content (AvgIpc) is 1.86. The first-order valence-corrected chi connectivity index (χ1v) is 3.85. The highest BCUT2D eigenvalue weighted by molar-refractivity contribution is 7.86. The van der Waals surface area contributed by atoms with Crippen LogP contribution in [0.25, 0.3) is 0 Å². The molecule has 0 spiro atoms. The first kappa shape index (κ1) is 10.6. The molecule has 0 aliphatic carbocycles. The highest BCUT2D eigenvalue weighted by atomic mass is 32.1. The van der Waals surface area contributed by atoms with E-state index in [-0.39, 0.29) is 5.75 Å². The lowest BCUT2D eigenvalue weighted by atomic mass is 10.3. The fourth-order valence-electron chi connectivity index (χ4n) is 0.452. The molecule has 4 nitrogen and oxygen atoms in total. The summed E-state index contributed by atoms with van der Waals surface area (Å²) in [5.74, 6) is -1.73. The Labute approximate surface area is 75.2 Å². The van der Waals surface area contributed by atoms with Crippen molar-refractivity contribution in [2.24, 2.45) is 0 Å². The van der Waals surface area contributed by atoms with Gasteiger partial charge in [-0.1, -0.05) is 0 Å². The Balaban J connectivity index is 4.34. The Kier molecular flexibility index (Phi) is 3.74. The Hall–Kier alpha value is -0.360. The third-order valence-electron chi connectivity index (χ3n) is 0.965. The van der Waals surface area contributed by atoms with Crippen molar-refractivity contribution in [3.05, 3.63) is 0 Å². The highest BCUT2D eigenvalue weighted by Crippen LogP contribution is 2.12. The van der Waals surface area contributed by atoms with Crippen molar-refractivity contribution < 1.29 is 14.7 Å². The Morgan fingerprint density at radius 2 is 2.09 bits per heavy atom. The van der Waals surface area contributed by atoms with Crippen LogP contribution in [0.4, 0.5) is 0 Å². The lowest BCUT2D eigenvalue weighted by Crippen LogP contribution is -2.51. The molecular weight excluding hydrogens is 186 g/mol. The molecule has 0 saturated carbocycles. The number of carbonyl (C=O) groups excluding carboxylic acids is 1. The zero-order valence-electron chi connectivity index (χ0n) is 5.87. The van der Waals surface area contributed by atoms with Crippen molar-refractivity contribution in [3.63, 3.8) is 0 Å². The molecule has 2 N–H and O–H groups in total. The lowest BCUT2D eigenvalue weighted by Gasteiger charge is -2.21. The quantitative estimate of drug-likeness (QED) is 0.371. The predicted octanol–water partition coefficient (Wildman–Crippen LogP) is -0.237. The summed E-state index contributed by atoms with van der Waals surface area (Å²) in [6.07, 6.45) is 0. The van der Waals surface area contributed by atoms with Crippen molar-refractivity contribution in [2.75, 3.05) is 5.75 Å². The SMILES string of the molecule is CC(=O)NC(S)(CS)C(=O)O. The van der Waals surface area contributed by atoms with Crippen molar-refractivity contribution >= 4 is 37.1 Å². The van der Waals surface area contributed by atoms with Gasteiger partial charge in [-0.05, 0) is 0 Å². The van der Waals surface area contributed by atoms with Crippen LogP contribution in [0.3, 0.4) is 0 Å². The van der Waals surface area contributed by atoms with E-state index in [0.29, 0.717) is 0 Å². The summed E-state index contributed by atoms with van der Waals surface area (Å²) in [5.41, 5.74) is 0. The number of rotatable bonds is 3. The average molecular weight is 195 g/mol. The van der Waals surface area contributed by atoms with Gasteiger partial charge in [-0.2, -0.15) is 12.6 Å². The van der Waals surface area contributed by atoms with E-state index in [0.717, 1.165) is 0 Å². The van der Waals surface area contributed by atoms with Crippen LogP contribution in [0.15, 0.2) is 0 Å². The molecule has 1 atom stereocenters. The summed E-state index contributed by atoms with van der Waals surface area (Å²) in [4.78, 5) is 19.4. The molecule has 1 unspecified atom stereocenters. The smallest absolute Gasteiger partial charge is 0.340 e. The molecule has 0 aromatic carbocycles. The molecule has 0 heterocycles. The van der Waals surface area contributed by atoms with Crippen LogP contribution in [0.2, 0.25) is 0 Å². The van der Waals surface area contributed by atoms with Crippen LogP contribution >= 0.6 is 25.3 Å². The van der Waals surface area contributed by atoms with Gasteiger partial charge in [-0.3, -0.25) is 4.79 Å². The molecule has 0 radical (unpaired) electrons. The minimum Gasteiger partial charge on any atom is -0.479 e. The Bertz CT molecular complexity index is 185. The van der Waals surface area contributed by atoms with Crippen LogP contribution in [0.5, 0.6) is 0 Å². The van der Waals surface area contributed by atoms with E-state index in [1.807, 2.05) is 0 Å². The normalized spacial score (nSPS) is 15.2. The van der Waals surface area contributed by atoms with Gasteiger partial charge in [0.1, 0.15) is 0 Å². The summed E-state index contributed by atoms with van der Waals surface area (Å²) in [6.45, 7) is 1.22. The second-order valence-corrected chi connectivity index (χ2v) is 3.08. The molecule has 0 saturated heterocycles. The maximum atomic E-state index is 10.5. The zero-order chi connectivity index (χ0) is 9.07. The second-order valence-electron chi connectivity index (χ2n) is 2.00. The van der Waals surface area contributed by atoms with Crippen LogP contribution in [0, 0.1) is 0 Å².